The van der Waals surface area contributed by atoms with Gasteiger partial charge in [0, 0.05) is 6.61 Å². The van der Waals surface area contributed by atoms with Gasteiger partial charge < -0.3 is 18.1 Å². The van der Waals surface area contributed by atoms with E-state index in [0.29, 0.717) is 6.61 Å². The largest absolute Gasteiger partial charge is 0.437 e. The summed E-state index contributed by atoms with van der Waals surface area (Å²) in [4.78, 5) is 0. The van der Waals surface area contributed by atoms with Gasteiger partial charge in [0.2, 0.25) is 0 Å². The molecule has 0 bridgehead atoms. The first-order chi connectivity index (χ1) is 8.87. The van der Waals surface area contributed by atoms with E-state index in [4.69, 9.17) is 13.0 Å². The topological polar surface area (TPSA) is 47.9 Å². The summed E-state index contributed by atoms with van der Waals surface area (Å²) in [5.74, 6) is 0. The molecule has 0 amide bonds. The van der Waals surface area contributed by atoms with Gasteiger partial charge in [-0.25, -0.2) is 0 Å². The van der Waals surface area contributed by atoms with Crippen LogP contribution in [0.2, 0.25) is 51.9 Å². The lowest BCUT2D eigenvalue weighted by atomic mass is 10.5. The molecule has 0 aliphatic heterocycles. The quantitative estimate of drug-likeness (QED) is 0.286. The van der Waals surface area contributed by atoms with Gasteiger partial charge in [-0.2, -0.15) is 0 Å². The van der Waals surface area contributed by atoms with E-state index in [0.717, 1.165) is 12.5 Å². The smallest absolute Gasteiger partial charge is 0.311 e. The predicted octanol–water partition coefficient (Wildman–Crippen LogP) is 3.67. The van der Waals surface area contributed by atoms with Gasteiger partial charge in [-0.1, -0.05) is 6.58 Å². The fraction of sp³-hybridized carbons (Fsp3) is 0.846. The molecule has 0 heterocycles. The third kappa shape index (κ3) is 11.0. The summed E-state index contributed by atoms with van der Waals surface area (Å²) >= 11 is 0. The van der Waals surface area contributed by atoms with Crippen molar-refractivity contribution in [2.75, 3.05) is 6.61 Å². The van der Waals surface area contributed by atoms with Gasteiger partial charge in [0.1, 0.15) is 0 Å². The van der Waals surface area contributed by atoms with Gasteiger partial charge in [-0.05, 0) is 64.4 Å². The van der Waals surface area contributed by atoms with Crippen LogP contribution in [0.3, 0.4) is 0 Å². The Morgan fingerprint density at radius 2 is 1.60 bits per heavy atom. The van der Waals surface area contributed by atoms with Crippen molar-refractivity contribution in [2.45, 2.75) is 64.6 Å². The molecule has 7 heteroatoms. The Labute approximate surface area is 127 Å². The Hall–Kier alpha value is 0.231. The molecular weight excluding hydrogens is 304 g/mol. The van der Waals surface area contributed by atoms with Crippen LogP contribution in [0.4, 0.5) is 0 Å². The van der Waals surface area contributed by atoms with Crippen molar-refractivity contribution in [3.8, 4) is 0 Å². The minimum Gasteiger partial charge on any atom is -0.437 e. The zero-order valence-corrected chi connectivity index (χ0v) is 17.2. The Balaban J connectivity index is 4.20. The highest BCUT2D eigenvalue weighted by atomic mass is 28.5. The highest BCUT2D eigenvalue weighted by molar-refractivity contribution is 6.87. The predicted molar refractivity (Wildman–Crippen MR) is 92.1 cm³/mol. The molecule has 0 radical (unpaired) electrons. The summed E-state index contributed by atoms with van der Waals surface area (Å²) in [7, 11) is -5.36. The van der Waals surface area contributed by atoms with Gasteiger partial charge in [0.05, 0.1) is 0 Å². The molecule has 0 aromatic rings. The van der Waals surface area contributed by atoms with Gasteiger partial charge in [0.25, 0.3) is 0 Å². The summed E-state index contributed by atoms with van der Waals surface area (Å²) in [6.07, 6.45) is 1.42. The number of ether oxygens (including phenoxy) is 1. The normalized spacial score (nSPS) is 15.2. The van der Waals surface area contributed by atoms with Crippen LogP contribution in [-0.2, 0) is 13.0 Å². The molecule has 1 N–H and O–H groups in total. The molecule has 0 fully saturated rings. The first-order valence-electron chi connectivity index (χ1n) is 7.19. The van der Waals surface area contributed by atoms with Crippen molar-refractivity contribution >= 4 is 25.2 Å². The van der Waals surface area contributed by atoms with Crippen molar-refractivity contribution in [3.05, 3.63) is 12.7 Å². The van der Waals surface area contributed by atoms with E-state index in [1.807, 2.05) is 0 Å². The Morgan fingerprint density at radius 1 is 1.05 bits per heavy atom. The monoisotopic (exact) mass is 336 g/mol. The zero-order chi connectivity index (χ0) is 16.0. The molecule has 4 nitrogen and oxygen atoms in total. The first kappa shape index (κ1) is 20.2. The van der Waals surface area contributed by atoms with Crippen molar-refractivity contribution in [2.24, 2.45) is 0 Å². The highest BCUT2D eigenvalue weighted by Gasteiger charge is 2.37. The molecule has 1 unspecified atom stereocenters. The molecule has 20 heavy (non-hydrogen) atoms. The number of hydrogen-bond acceptors (Lipinski definition) is 4. The molecule has 1 atom stereocenters. The maximum absolute atomic E-state index is 9.23. The Morgan fingerprint density at radius 3 is 2.05 bits per heavy atom. The van der Waals surface area contributed by atoms with Crippen LogP contribution in [0, 0.1) is 0 Å². The van der Waals surface area contributed by atoms with Crippen LogP contribution in [0.15, 0.2) is 12.7 Å². The zero-order valence-electron chi connectivity index (χ0n) is 14.2. The van der Waals surface area contributed by atoms with Gasteiger partial charge in [-0.15, -0.1) is 0 Å². The summed E-state index contributed by atoms with van der Waals surface area (Å²) in [5, 5.41) is 9.23. The summed E-state index contributed by atoms with van der Waals surface area (Å²) in [6, 6.07) is 1.00. The van der Waals surface area contributed by atoms with Gasteiger partial charge in [-0.3, -0.25) is 0 Å². The molecule has 0 aromatic heterocycles. The van der Waals surface area contributed by atoms with Crippen molar-refractivity contribution in [3.63, 3.8) is 0 Å². The molecular formula is C13H32O4Si3. The number of rotatable bonds is 10. The molecule has 0 aliphatic rings. The van der Waals surface area contributed by atoms with Crippen LogP contribution >= 0.6 is 0 Å². The van der Waals surface area contributed by atoms with Crippen LogP contribution < -0.4 is 0 Å². The van der Waals surface area contributed by atoms with E-state index in [1.165, 1.54) is 6.08 Å². The number of hydrogen-bond donors (Lipinski definition) is 1. The third-order valence-electron chi connectivity index (χ3n) is 2.49. The maximum Gasteiger partial charge on any atom is 0.311 e. The highest BCUT2D eigenvalue weighted by Crippen LogP contribution is 2.23. The molecule has 120 valence electrons. The SMILES string of the molecule is C=CC(O)OCCC[Si](C)(C)O[Si](C)(C)O[Si](C)(C)C. The minimum atomic E-state index is -2.05. The van der Waals surface area contributed by atoms with Crippen LogP contribution in [0.1, 0.15) is 6.42 Å². The average Bonchev–Trinajstić information content (AvgIpc) is 2.18. The second-order valence-corrected chi connectivity index (χ2v) is 19.8. The van der Waals surface area contributed by atoms with E-state index in [9.17, 15) is 5.11 Å². The summed E-state index contributed by atoms with van der Waals surface area (Å²) in [5.41, 5.74) is 0. The Bertz CT molecular complexity index is 300. The lowest BCUT2D eigenvalue weighted by Gasteiger charge is -2.37. The number of aliphatic hydroxyl groups is 1. The fourth-order valence-electron chi connectivity index (χ4n) is 2.24. The van der Waals surface area contributed by atoms with E-state index in [1.54, 1.807) is 0 Å². The Kier molecular flexibility index (Phi) is 8.11. The van der Waals surface area contributed by atoms with Crippen LogP contribution in [0.5, 0.6) is 0 Å². The summed E-state index contributed by atoms with van der Waals surface area (Å²) in [6.45, 7) is 19.3. The van der Waals surface area contributed by atoms with Crippen molar-refractivity contribution < 1.29 is 18.1 Å². The lowest BCUT2D eigenvalue weighted by molar-refractivity contribution is -0.0636. The van der Waals surface area contributed by atoms with Crippen LogP contribution in [-0.4, -0.2) is 43.2 Å². The molecule has 0 rings (SSSR count). The minimum absolute atomic E-state index is 0.532. The van der Waals surface area contributed by atoms with E-state index in [2.05, 4.69) is 52.4 Å². The van der Waals surface area contributed by atoms with E-state index in [-0.39, 0.29) is 0 Å². The van der Waals surface area contributed by atoms with E-state index < -0.39 is 31.5 Å². The standard InChI is InChI=1S/C13H32O4Si3/c1-9-13(14)15-11-10-12-19(5,6)17-20(7,8)16-18(2,3)4/h9,13-14H,1,10-12H2,2-8H3. The molecule has 0 saturated carbocycles. The fourth-order valence-corrected chi connectivity index (χ4v) is 15.4. The second kappa shape index (κ2) is 8.02. The number of aliphatic hydroxyl groups excluding tert-OH is 1. The summed E-state index contributed by atoms with van der Waals surface area (Å²) < 4.78 is 17.8. The maximum atomic E-state index is 9.23. The molecule has 0 aromatic carbocycles. The van der Waals surface area contributed by atoms with Gasteiger partial charge in [0.15, 0.2) is 22.9 Å². The average molecular weight is 337 g/mol. The lowest BCUT2D eigenvalue weighted by Crippen LogP contribution is -2.51. The molecule has 0 saturated heterocycles. The van der Waals surface area contributed by atoms with Crippen molar-refractivity contribution in [1.29, 1.82) is 0 Å². The van der Waals surface area contributed by atoms with Crippen LogP contribution in [0.25, 0.3) is 0 Å². The van der Waals surface area contributed by atoms with Gasteiger partial charge >= 0.3 is 8.56 Å². The third-order valence-corrected chi connectivity index (χ3v) is 12.6. The second-order valence-electron chi connectivity index (χ2n) is 7.08. The first-order valence-corrected chi connectivity index (χ1v) is 16.5. The van der Waals surface area contributed by atoms with Crippen molar-refractivity contribution in [1.82, 2.24) is 0 Å². The molecule has 0 spiro atoms. The van der Waals surface area contributed by atoms with E-state index >= 15 is 0 Å². The molecule has 0 aliphatic carbocycles.